The van der Waals surface area contributed by atoms with E-state index in [0.717, 1.165) is 5.56 Å². The number of fused-ring (bicyclic) bond motifs is 1. The molecule has 120 valence electrons. The lowest BCUT2D eigenvalue weighted by Gasteiger charge is -2.25. The molecule has 0 spiro atoms. The molecule has 1 aliphatic heterocycles. The van der Waals surface area contributed by atoms with E-state index in [1.165, 1.54) is 4.31 Å². The van der Waals surface area contributed by atoms with Crippen LogP contribution in [0.3, 0.4) is 0 Å². The SMILES string of the molecule is Cc1ccc2c(c1)S(=O)(=O)N(c1ccccc1)C2CC(=O)NO. The predicted molar refractivity (Wildman–Crippen MR) is 84.6 cm³/mol. The fourth-order valence-corrected chi connectivity index (χ4v) is 4.82. The zero-order valence-electron chi connectivity index (χ0n) is 12.4. The van der Waals surface area contributed by atoms with Crippen molar-refractivity contribution in [3.63, 3.8) is 0 Å². The number of amides is 1. The van der Waals surface area contributed by atoms with Crippen LogP contribution in [0.25, 0.3) is 0 Å². The summed E-state index contributed by atoms with van der Waals surface area (Å²) in [4.78, 5) is 11.9. The van der Waals surface area contributed by atoms with Crippen molar-refractivity contribution in [2.45, 2.75) is 24.3 Å². The van der Waals surface area contributed by atoms with Crippen molar-refractivity contribution >= 4 is 21.6 Å². The molecule has 0 radical (unpaired) electrons. The Morgan fingerprint density at radius 3 is 2.57 bits per heavy atom. The van der Waals surface area contributed by atoms with Gasteiger partial charge in [-0.15, -0.1) is 0 Å². The number of carbonyl (C=O) groups is 1. The highest BCUT2D eigenvalue weighted by molar-refractivity contribution is 7.93. The van der Waals surface area contributed by atoms with Gasteiger partial charge in [-0.05, 0) is 36.2 Å². The van der Waals surface area contributed by atoms with E-state index >= 15 is 0 Å². The molecule has 23 heavy (non-hydrogen) atoms. The summed E-state index contributed by atoms with van der Waals surface area (Å²) in [6, 6.07) is 13.1. The number of sulfonamides is 1. The molecule has 1 amide bonds. The molecule has 1 heterocycles. The minimum Gasteiger partial charge on any atom is -0.289 e. The van der Waals surface area contributed by atoms with Gasteiger partial charge in [-0.2, -0.15) is 0 Å². The molecule has 0 aliphatic carbocycles. The van der Waals surface area contributed by atoms with E-state index in [2.05, 4.69) is 0 Å². The Morgan fingerprint density at radius 2 is 1.91 bits per heavy atom. The van der Waals surface area contributed by atoms with Gasteiger partial charge in [0.1, 0.15) is 0 Å². The normalized spacial score (nSPS) is 18.5. The molecule has 0 saturated carbocycles. The number of hydroxylamine groups is 1. The molecule has 1 aliphatic rings. The van der Waals surface area contributed by atoms with E-state index in [-0.39, 0.29) is 11.3 Å². The van der Waals surface area contributed by atoms with E-state index in [1.807, 2.05) is 13.0 Å². The molecule has 2 aromatic rings. The highest BCUT2D eigenvalue weighted by Crippen LogP contribution is 2.44. The first kappa shape index (κ1) is 15.5. The molecule has 2 N–H and O–H groups in total. The molecule has 0 saturated heterocycles. The van der Waals surface area contributed by atoms with Gasteiger partial charge in [0, 0.05) is 0 Å². The van der Waals surface area contributed by atoms with Crippen molar-refractivity contribution in [2.24, 2.45) is 0 Å². The lowest BCUT2D eigenvalue weighted by atomic mass is 10.0. The lowest BCUT2D eigenvalue weighted by Crippen LogP contribution is -2.32. The summed E-state index contributed by atoms with van der Waals surface area (Å²) < 4.78 is 27.1. The monoisotopic (exact) mass is 332 g/mol. The zero-order chi connectivity index (χ0) is 16.6. The molecule has 0 fully saturated rings. The third-order valence-electron chi connectivity index (χ3n) is 3.86. The minimum atomic E-state index is -3.75. The lowest BCUT2D eigenvalue weighted by molar-refractivity contribution is -0.129. The second kappa shape index (κ2) is 5.68. The van der Waals surface area contributed by atoms with Gasteiger partial charge in [0.15, 0.2) is 0 Å². The fourth-order valence-electron chi connectivity index (χ4n) is 2.85. The van der Waals surface area contributed by atoms with Crippen molar-refractivity contribution in [1.29, 1.82) is 0 Å². The van der Waals surface area contributed by atoms with Gasteiger partial charge in [0.05, 0.1) is 23.0 Å². The van der Waals surface area contributed by atoms with Gasteiger partial charge < -0.3 is 0 Å². The number of benzene rings is 2. The summed E-state index contributed by atoms with van der Waals surface area (Å²) in [5.41, 5.74) is 3.44. The predicted octanol–water partition coefficient (Wildman–Crippen LogP) is 2.14. The standard InChI is InChI=1S/C16H16N2O4S/c1-11-7-8-13-14(10-16(19)17-20)18(12-5-3-2-4-6-12)23(21,22)15(13)9-11/h2-9,14,20H,10H2,1H3,(H,17,19). The Balaban J connectivity index is 2.19. The number of nitrogens with one attached hydrogen (secondary N) is 1. The Kier molecular flexibility index (Phi) is 3.83. The van der Waals surface area contributed by atoms with E-state index in [9.17, 15) is 13.2 Å². The van der Waals surface area contributed by atoms with Crippen LogP contribution in [0, 0.1) is 6.92 Å². The van der Waals surface area contributed by atoms with Gasteiger partial charge in [-0.3, -0.25) is 14.3 Å². The van der Waals surface area contributed by atoms with Crippen LogP contribution in [-0.2, 0) is 14.8 Å². The number of rotatable bonds is 3. The van der Waals surface area contributed by atoms with Crippen LogP contribution in [0.4, 0.5) is 5.69 Å². The van der Waals surface area contributed by atoms with Crippen LogP contribution in [0.5, 0.6) is 0 Å². The van der Waals surface area contributed by atoms with E-state index in [1.54, 1.807) is 47.9 Å². The molecule has 1 unspecified atom stereocenters. The average molecular weight is 332 g/mol. The van der Waals surface area contributed by atoms with Crippen molar-refractivity contribution in [3.8, 4) is 0 Å². The smallest absolute Gasteiger partial charge is 0.265 e. The van der Waals surface area contributed by atoms with Crippen LogP contribution in [0.15, 0.2) is 53.4 Å². The second-order valence-electron chi connectivity index (χ2n) is 5.43. The van der Waals surface area contributed by atoms with Crippen LogP contribution >= 0.6 is 0 Å². The molecule has 3 rings (SSSR count). The maximum absolute atomic E-state index is 12.9. The quantitative estimate of drug-likeness (QED) is 0.666. The molecule has 7 heteroatoms. The number of anilines is 1. The highest BCUT2D eigenvalue weighted by Gasteiger charge is 2.43. The molecule has 2 aromatic carbocycles. The first-order valence-electron chi connectivity index (χ1n) is 7.08. The number of nitrogens with zero attached hydrogens (tertiary/aromatic N) is 1. The summed E-state index contributed by atoms with van der Waals surface area (Å²) in [6.07, 6.45) is -0.166. The Bertz CT molecular complexity index is 850. The van der Waals surface area contributed by atoms with Gasteiger partial charge in [0.25, 0.3) is 10.0 Å². The summed E-state index contributed by atoms with van der Waals surface area (Å²) in [5, 5.41) is 8.81. The van der Waals surface area contributed by atoms with E-state index < -0.39 is 22.0 Å². The van der Waals surface area contributed by atoms with Crippen molar-refractivity contribution in [2.75, 3.05) is 4.31 Å². The average Bonchev–Trinajstić information content (AvgIpc) is 2.75. The summed E-state index contributed by atoms with van der Waals surface area (Å²) in [7, 11) is -3.75. The largest absolute Gasteiger partial charge is 0.289 e. The van der Waals surface area contributed by atoms with Crippen molar-refractivity contribution in [3.05, 3.63) is 59.7 Å². The summed E-state index contributed by atoms with van der Waals surface area (Å²) in [6.45, 7) is 1.82. The van der Waals surface area contributed by atoms with Crippen LogP contribution in [0.2, 0.25) is 0 Å². The minimum absolute atomic E-state index is 0.166. The summed E-state index contributed by atoms with van der Waals surface area (Å²) in [5.74, 6) is -0.639. The number of carbonyl (C=O) groups excluding carboxylic acids is 1. The van der Waals surface area contributed by atoms with Gasteiger partial charge in [0.2, 0.25) is 5.91 Å². The van der Waals surface area contributed by atoms with Gasteiger partial charge in [-0.1, -0.05) is 30.3 Å². The van der Waals surface area contributed by atoms with Crippen molar-refractivity contribution < 1.29 is 18.4 Å². The third-order valence-corrected chi connectivity index (χ3v) is 5.75. The zero-order valence-corrected chi connectivity index (χ0v) is 13.2. The number of para-hydroxylation sites is 1. The number of hydrogen-bond acceptors (Lipinski definition) is 4. The van der Waals surface area contributed by atoms with Crippen LogP contribution in [-0.4, -0.2) is 19.5 Å². The first-order valence-corrected chi connectivity index (χ1v) is 8.52. The summed E-state index contributed by atoms with van der Waals surface area (Å²) >= 11 is 0. The molecule has 0 aromatic heterocycles. The Hall–Kier alpha value is -2.38. The number of hydrogen-bond donors (Lipinski definition) is 2. The van der Waals surface area contributed by atoms with Crippen LogP contribution < -0.4 is 9.79 Å². The maximum atomic E-state index is 12.9. The van der Waals surface area contributed by atoms with Gasteiger partial charge >= 0.3 is 0 Å². The van der Waals surface area contributed by atoms with Crippen LogP contribution in [0.1, 0.15) is 23.6 Å². The van der Waals surface area contributed by atoms with E-state index in [0.29, 0.717) is 11.3 Å². The molecule has 0 bridgehead atoms. The Labute approximate surface area is 134 Å². The van der Waals surface area contributed by atoms with Crippen molar-refractivity contribution in [1.82, 2.24) is 5.48 Å². The third kappa shape index (κ3) is 2.58. The first-order chi connectivity index (χ1) is 10.9. The maximum Gasteiger partial charge on any atom is 0.265 e. The molecule has 6 nitrogen and oxygen atoms in total. The van der Waals surface area contributed by atoms with Gasteiger partial charge in [-0.25, -0.2) is 13.9 Å². The highest BCUT2D eigenvalue weighted by atomic mass is 32.2. The fraction of sp³-hybridized carbons (Fsp3) is 0.188. The molecule has 1 atom stereocenters. The van der Waals surface area contributed by atoms with E-state index in [4.69, 9.17) is 5.21 Å². The molecular formula is C16H16N2O4S. The number of aryl methyl sites for hydroxylation is 1. The molecular weight excluding hydrogens is 316 g/mol. The second-order valence-corrected chi connectivity index (χ2v) is 7.22. The Morgan fingerprint density at radius 1 is 1.22 bits per heavy atom. The topological polar surface area (TPSA) is 86.7 Å².